The molecule has 2 aromatic carbocycles. The Balaban J connectivity index is 1.78. The second-order valence-electron chi connectivity index (χ2n) is 8.05. The topological polar surface area (TPSA) is 97.4 Å². The van der Waals surface area contributed by atoms with E-state index in [-0.39, 0.29) is 16.9 Å². The Morgan fingerprint density at radius 1 is 1.12 bits per heavy atom. The molecule has 0 radical (unpaired) electrons. The van der Waals surface area contributed by atoms with E-state index in [1.165, 1.54) is 16.7 Å². The molecule has 2 aromatic heterocycles. The zero-order valence-electron chi connectivity index (χ0n) is 18.6. The quantitative estimate of drug-likeness (QED) is 0.398. The number of nitrogens with one attached hydrogen (secondary N) is 1. The molecule has 0 fully saturated rings. The summed E-state index contributed by atoms with van der Waals surface area (Å²) in [6, 6.07) is 12.4. The van der Waals surface area contributed by atoms with Crippen LogP contribution in [0.2, 0.25) is 0 Å². The van der Waals surface area contributed by atoms with Crippen LogP contribution in [0.25, 0.3) is 11.1 Å². The number of pyridine rings is 1. The van der Waals surface area contributed by atoms with Crippen molar-refractivity contribution >= 4 is 26.9 Å². The Kier molecular flexibility index (Phi) is 6.24. The van der Waals surface area contributed by atoms with Crippen molar-refractivity contribution < 1.29 is 21.6 Å². The molecule has 0 saturated carbocycles. The van der Waals surface area contributed by atoms with Gasteiger partial charge in [0.15, 0.2) is 5.58 Å². The highest BCUT2D eigenvalue weighted by molar-refractivity contribution is 7.92. The summed E-state index contributed by atoms with van der Waals surface area (Å²) in [5.41, 5.74) is 1.83. The zero-order valence-corrected chi connectivity index (χ0v) is 19.4. The largest absolute Gasteiger partial charge is 0.420 e. The maximum absolute atomic E-state index is 15.0. The Bertz CT molecular complexity index is 1530. The molecule has 1 N–H and O–H groups in total. The second-order valence-corrected chi connectivity index (χ2v) is 9.70. The van der Waals surface area contributed by atoms with Crippen molar-refractivity contribution in [2.45, 2.75) is 24.4 Å². The molecule has 178 valence electrons. The number of anilines is 1. The lowest BCUT2D eigenvalue weighted by atomic mass is 10.0. The van der Waals surface area contributed by atoms with Gasteiger partial charge in [-0.1, -0.05) is 30.3 Å². The SMILES string of the molecule is CC(c1ccccc1CN(C)C)n1c(=O)oc2cc(S(=O)(=O)Nc3cccc(F)n3)c(F)cc21. The first-order valence-corrected chi connectivity index (χ1v) is 11.8. The molecule has 0 spiro atoms. The van der Waals surface area contributed by atoms with Gasteiger partial charge >= 0.3 is 5.76 Å². The highest BCUT2D eigenvalue weighted by Gasteiger charge is 2.25. The average molecular weight is 489 g/mol. The van der Waals surface area contributed by atoms with Crippen molar-refractivity contribution in [2.75, 3.05) is 18.8 Å². The van der Waals surface area contributed by atoms with Crippen LogP contribution in [0, 0.1) is 11.8 Å². The molecule has 4 rings (SSSR count). The Morgan fingerprint density at radius 3 is 2.56 bits per heavy atom. The number of sulfonamides is 1. The van der Waals surface area contributed by atoms with E-state index < -0.39 is 38.5 Å². The van der Waals surface area contributed by atoms with Gasteiger partial charge in [-0.2, -0.15) is 4.39 Å². The summed E-state index contributed by atoms with van der Waals surface area (Å²) < 4.78 is 62.4. The number of hydrogen-bond donors (Lipinski definition) is 1. The zero-order chi connectivity index (χ0) is 24.6. The number of rotatable bonds is 7. The smallest absolute Gasteiger partial charge is 0.408 e. The summed E-state index contributed by atoms with van der Waals surface area (Å²) in [7, 11) is -0.635. The molecule has 2 heterocycles. The molecule has 11 heteroatoms. The molecule has 4 aromatic rings. The fraction of sp³-hybridized carbons (Fsp3) is 0.217. The van der Waals surface area contributed by atoms with Crippen molar-refractivity contribution in [1.82, 2.24) is 14.5 Å². The summed E-state index contributed by atoms with van der Waals surface area (Å²) in [5, 5.41) is 0. The Labute approximate surface area is 194 Å². The standard InChI is InChI=1S/C23H22F2N4O4S/c1-14(16-8-5-4-7-15(16)13-28(2)3)29-18-11-17(24)20(12-19(18)33-23(29)30)34(31,32)27-22-10-6-9-21(25)26-22/h4-12,14H,13H2,1-3H3,(H,26,27). The van der Waals surface area contributed by atoms with Gasteiger partial charge in [-0.3, -0.25) is 9.29 Å². The maximum atomic E-state index is 15.0. The van der Waals surface area contributed by atoms with Gasteiger partial charge < -0.3 is 9.32 Å². The van der Waals surface area contributed by atoms with Crippen LogP contribution in [0.1, 0.15) is 24.1 Å². The lowest BCUT2D eigenvalue weighted by Gasteiger charge is -2.19. The van der Waals surface area contributed by atoms with E-state index in [1.54, 1.807) is 6.92 Å². The Hall–Kier alpha value is -3.57. The molecule has 1 atom stereocenters. The average Bonchev–Trinajstić information content (AvgIpc) is 3.07. The fourth-order valence-corrected chi connectivity index (χ4v) is 4.91. The predicted octanol–water partition coefficient (Wildman–Crippen LogP) is 3.74. The highest BCUT2D eigenvalue weighted by Crippen LogP contribution is 2.29. The van der Waals surface area contributed by atoms with Crippen LogP contribution in [0.5, 0.6) is 0 Å². The van der Waals surface area contributed by atoms with Crippen LogP contribution in [0.3, 0.4) is 0 Å². The highest BCUT2D eigenvalue weighted by atomic mass is 32.2. The number of oxazole rings is 1. The fourth-order valence-electron chi connectivity index (χ4n) is 3.83. The van der Waals surface area contributed by atoms with Crippen molar-refractivity contribution in [3.05, 3.63) is 88.0 Å². The number of nitrogens with zero attached hydrogens (tertiary/aromatic N) is 3. The summed E-state index contributed by atoms with van der Waals surface area (Å²) >= 11 is 0. The van der Waals surface area contributed by atoms with E-state index in [0.717, 1.165) is 29.3 Å². The third-order valence-corrected chi connectivity index (χ3v) is 6.66. The van der Waals surface area contributed by atoms with Gasteiger partial charge in [-0.05, 0) is 44.3 Å². The maximum Gasteiger partial charge on any atom is 0.420 e. The van der Waals surface area contributed by atoms with Gasteiger partial charge in [0.05, 0.1) is 11.6 Å². The van der Waals surface area contributed by atoms with E-state index in [9.17, 15) is 17.6 Å². The van der Waals surface area contributed by atoms with Crippen LogP contribution < -0.4 is 10.5 Å². The summed E-state index contributed by atoms with van der Waals surface area (Å²) in [4.78, 5) is 17.4. The second kappa shape index (κ2) is 8.99. The predicted molar refractivity (Wildman–Crippen MR) is 123 cm³/mol. The van der Waals surface area contributed by atoms with E-state index in [2.05, 4.69) is 4.98 Å². The molecule has 0 aliphatic carbocycles. The van der Waals surface area contributed by atoms with E-state index in [0.29, 0.717) is 6.54 Å². The van der Waals surface area contributed by atoms with Gasteiger partial charge in [0.1, 0.15) is 16.5 Å². The van der Waals surface area contributed by atoms with Crippen LogP contribution in [0.4, 0.5) is 14.6 Å². The van der Waals surface area contributed by atoms with E-state index >= 15 is 4.39 Å². The monoisotopic (exact) mass is 488 g/mol. The Morgan fingerprint density at radius 2 is 1.85 bits per heavy atom. The molecule has 1 unspecified atom stereocenters. The van der Waals surface area contributed by atoms with Crippen LogP contribution in [0.15, 0.2) is 68.7 Å². The summed E-state index contributed by atoms with van der Waals surface area (Å²) in [5.74, 6) is -3.07. The molecule has 0 aliphatic rings. The van der Waals surface area contributed by atoms with Crippen molar-refractivity contribution in [3.8, 4) is 0 Å². The molecule has 8 nitrogen and oxygen atoms in total. The first-order valence-electron chi connectivity index (χ1n) is 10.3. The molecule has 0 saturated heterocycles. The minimum absolute atomic E-state index is 0.101. The normalized spacial score (nSPS) is 12.9. The molecular formula is C23H22F2N4O4S. The van der Waals surface area contributed by atoms with Crippen LogP contribution >= 0.6 is 0 Å². The number of hydrogen-bond acceptors (Lipinski definition) is 6. The first-order chi connectivity index (χ1) is 16.1. The van der Waals surface area contributed by atoms with Crippen molar-refractivity contribution in [1.29, 1.82) is 0 Å². The molecule has 0 bridgehead atoms. The molecule has 34 heavy (non-hydrogen) atoms. The number of aromatic nitrogens is 2. The lowest BCUT2D eigenvalue weighted by Crippen LogP contribution is -2.22. The first kappa shape index (κ1) is 23.6. The van der Waals surface area contributed by atoms with Crippen molar-refractivity contribution in [2.24, 2.45) is 0 Å². The number of halogens is 2. The third-order valence-electron chi connectivity index (χ3n) is 5.29. The number of fused-ring (bicyclic) bond motifs is 1. The lowest BCUT2D eigenvalue weighted by molar-refractivity contribution is 0.398. The van der Waals surface area contributed by atoms with Crippen LogP contribution in [-0.2, 0) is 16.6 Å². The molecule has 0 amide bonds. The van der Waals surface area contributed by atoms with E-state index in [1.807, 2.05) is 48.0 Å². The molecule has 0 aliphatic heterocycles. The van der Waals surface area contributed by atoms with Crippen LogP contribution in [-0.4, -0.2) is 37.0 Å². The minimum atomic E-state index is -4.48. The van der Waals surface area contributed by atoms with Gasteiger partial charge in [-0.25, -0.2) is 22.6 Å². The van der Waals surface area contributed by atoms with Gasteiger partial charge in [-0.15, -0.1) is 0 Å². The van der Waals surface area contributed by atoms with Gasteiger partial charge in [0.25, 0.3) is 10.0 Å². The van der Waals surface area contributed by atoms with Gasteiger partial charge in [0.2, 0.25) is 5.95 Å². The summed E-state index contributed by atoms with van der Waals surface area (Å²) in [6.07, 6.45) is 0. The van der Waals surface area contributed by atoms with Crippen molar-refractivity contribution in [3.63, 3.8) is 0 Å². The third kappa shape index (κ3) is 4.57. The van der Waals surface area contributed by atoms with E-state index in [4.69, 9.17) is 4.42 Å². The number of benzene rings is 2. The minimum Gasteiger partial charge on any atom is -0.408 e. The molecular weight excluding hydrogens is 466 g/mol. The summed E-state index contributed by atoms with van der Waals surface area (Å²) in [6.45, 7) is 2.41. The van der Waals surface area contributed by atoms with Gasteiger partial charge in [0, 0.05) is 18.7 Å².